The summed E-state index contributed by atoms with van der Waals surface area (Å²) in [6.45, 7) is 2.22. The molecule has 3 unspecified atom stereocenters. The van der Waals surface area contributed by atoms with Crippen LogP contribution in [-0.4, -0.2) is 24.5 Å². The number of carbonyl (C=O) groups excluding carboxylic acids is 2. The van der Waals surface area contributed by atoms with Crippen LogP contribution in [-0.2, 0) is 19.9 Å². The van der Waals surface area contributed by atoms with Crippen LogP contribution < -0.4 is 16.0 Å². The van der Waals surface area contributed by atoms with Gasteiger partial charge in [-0.3, -0.25) is 9.59 Å². The van der Waals surface area contributed by atoms with Crippen molar-refractivity contribution in [1.29, 1.82) is 0 Å². The molecule has 25 heavy (non-hydrogen) atoms. The molecule has 0 saturated carbocycles. The number of carbonyl (C=O) groups is 2. The maximum absolute atomic E-state index is 13.2. The number of ether oxygens (including phenoxy) is 1. The fourth-order valence-corrected chi connectivity index (χ4v) is 4.20. The molecule has 3 aliphatic heterocycles. The van der Waals surface area contributed by atoms with Crippen molar-refractivity contribution in [3.05, 3.63) is 53.6 Å². The van der Waals surface area contributed by atoms with Gasteiger partial charge in [0.1, 0.15) is 12.5 Å². The molecule has 1 amide bonds. The lowest BCUT2D eigenvalue weighted by Gasteiger charge is -2.33. The minimum atomic E-state index is -1.18. The number of rotatable bonds is 0. The maximum atomic E-state index is 13.2. The quantitative estimate of drug-likeness (QED) is 0.644. The lowest BCUT2D eigenvalue weighted by atomic mass is 9.75. The molecule has 5 rings (SSSR count). The molecular weight excluding hydrogens is 318 g/mol. The number of cyclic esters (lactones) is 1. The first kappa shape index (κ1) is 14.3. The summed E-state index contributed by atoms with van der Waals surface area (Å²) in [7, 11) is 0. The van der Waals surface area contributed by atoms with Crippen LogP contribution in [0.25, 0.3) is 0 Å². The zero-order valence-electron chi connectivity index (χ0n) is 13.6. The first-order chi connectivity index (χ1) is 12.1. The third-order valence-electron chi connectivity index (χ3n) is 5.33. The SMILES string of the molecule is Cc1ccc2c(c1)C1(Nc3ccccc3NC3COC(=O)C31)C(=O)N2. The summed E-state index contributed by atoms with van der Waals surface area (Å²) < 4.78 is 5.33. The summed E-state index contributed by atoms with van der Waals surface area (Å²) >= 11 is 0. The molecule has 2 aromatic rings. The van der Waals surface area contributed by atoms with E-state index in [0.29, 0.717) is 0 Å². The molecule has 6 heteroatoms. The largest absolute Gasteiger partial charge is 0.463 e. The molecule has 126 valence electrons. The summed E-state index contributed by atoms with van der Waals surface area (Å²) in [5.74, 6) is -1.23. The van der Waals surface area contributed by atoms with E-state index in [1.54, 1.807) is 0 Å². The molecule has 1 fully saturated rings. The predicted octanol–water partition coefficient (Wildman–Crippen LogP) is 2.22. The van der Waals surface area contributed by atoms with Crippen LogP contribution in [0.4, 0.5) is 17.1 Å². The van der Waals surface area contributed by atoms with Crippen molar-refractivity contribution in [2.24, 2.45) is 5.92 Å². The number of hydrogen-bond donors (Lipinski definition) is 3. The molecule has 3 atom stereocenters. The van der Waals surface area contributed by atoms with Gasteiger partial charge in [-0.2, -0.15) is 0 Å². The van der Waals surface area contributed by atoms with Crippen LogP contribution in [0, 0.1) is 12.8 Å². The van der Waals surface area contributed by atoms with E-state index in [4.69, 9.17) is 4.74 Å². The third kappa shape index (κ3) is 1.79. The van der Waals surface area contributed by atoms with Gasteiger partial charge in [-0.25, -0.2) is 0 Å². The second-order valence-electron chi connectivity index (χ2n) is 6.84. The van der Waals surface area contributed by atoms with Crippen molar-refractivity contribution in [1.82, 2.24) is 0 Å². The first-order valence-corrected chi connectivity index (χ1v) is 8.32. The predicted molar refractivity (Wildman–Crippen MR) is 93.4 cm³/mol. The normalized spacial score (nSPS) is 28.8. The lowest BCUT2D eigenvalue weighted by Crippen LogP contribution is -2.53. The molecule has 1 spiro atoms. The average molecular weight is 335 g/mol. The standard InChI is InChI=1S/C19H17N3O3/c1-10-6-7-12-11(8-10)19(18(24)21-12)16-15(9-25-17(16)23)20-13-4-2-3-5-14(13)22-19/h2-8,15-16,20,22H,9H2,1H3,(H,21,24). The maximum Gasteiger partial charge on any atom is 0.314 e. The van der Waals surface area contributed by atoms with E-state index in [2.05, 4.69) is 16.0 Å². The van der Waals surface area contributed by atoms with E-state index >= 15 is 0 Å². The number of esters is 1. The van der Waals surface area contributed by atoms with Crippen molar-refractivity contribution >= 4 is 28.9 Å². The Labute approximate surface area is 144 Å². The van der Waals surface area contributed by atoms with Gasteiger partial charge in [-0.15, -0.1) is 0 Å². The van der Waals surface area contributed by atoms with E-state index in [1.807, 2.05) is 49.4 Å². The molecule has 6 nitrogen and oxygen atoms in total. The Morgan fingerprint density at radius 1 is 1.08 bits per heavy atom. The number of nitrogens with one attached hydrogen (secondary N) is 3. The molecule has 3 N–H and O–H groups in total. The number of anilines is 3. The highest BCUT2D eigenvalue weighted by atomic mass is 16.5. The van der Waals surface area contributed by atoms with Gasteiger partial charge in [0.15, 0.2) is 5.54 Å². The topological polar surface area (TPSA) is 79.5 Å². The molecule has 0 aromatic heterocycles. The summed E-state index contributed by atoms with van der Waals surface area (Å²) in [5.41, 5.74) is 3.05. The average Bonchev–Trinajstić information content (AvgIpc) is 3.02. The summed E-state index contributed by atoms with van der Waals surface area (Å²) in [4.78, 5) is 25.8. The van der Waals surface area contributed by atoms with Gasteiger partial charge in [-0.05, 0) is 25.1 Å². The van der Waals surface area contributed by atoms with Gasteiger partial charge in [0, 0.05) is 11.3 Å². The molecule has 3 heterocycles. The van der Waals surface area contributed by atoms with Crippen LogP contribution in [0.15, 0.2) is 42.5 Å². The van der Waals surface area contributed by atoms with Crippen LogP contribution in [0.1, 0.15) is 11.1 Å². The highest BCUT2D eigenvalue weighted by Crippen LogP contribution is 2.50. The first-order valence-electron chi connectivity index (χ1n) is 8.32. The zero-order chi connectivity index (χ0) is 17.2. The Morgan fingerprint density at radius 2 is 1.88 bits per heavy atom. The van der Waals surface area contributed by atoms with Crippen LogP contribution >= 0.6 is 0 Å². The molecule has 2 aromatic carbocycles. The summed E-state index contributed by atoms with van der Waals surface area (Å²) in [5, 5.41) is 9.72. The van der Waals surface area contributed by atoms with Crippen molar-refractivity contribution in [3.8, 4) is 0 Å². The van der Waals surface area contributed by atoms with Crippen molar-refractivity contribution in [2.45, 2.75) is 18.5 Å². The fourth-order valence-electron chi connectivity index (χ4n) is 4.20. The second-order valence-corrected chi connectivity index (χ2v) is 6.84. The van der Waals surface area contributed by atoms with Crippen molar-refractivity contribution in [3.63, 3.8) is 0 Å². The van der Waals surface area contributed by atoms with Crippen molar-refractivity contribution < 1.29 is 14.3 Å². The van der Waals surface area contributed by atoms with E-state index < -0.39 is 11.5 Å². The monoisotopic (exact) mass is 335 g/mol. The highest BCUT2D eigenvalue weighted by molar-refractivity contribution is 6.11. The van der Waals surface area contributed by atoms with Gasteiger partial charge in [0.05, 0.1) is 17.4 Å². The number of aryl methyl sites for hydroxylation is 1. The van der Waals surface area contributed by atoms with Gasteiger partial charge in [0.2, 0.25) is 0 Å². The Bertz CT molecular complexity index is 926. The van der Waals surface area contributed by atoms with Crippen LogP contribution in [0.5, 0.6) is 0 Å². The third-order valence-corrected chi connectivity index (χ3v) is 5.33. The second kappa shape index (κ2) is 4.75. The Hall–Kier alpha value is -3.02. The number of benzene rings is 2. The Balaban J connectivity index is 1.80. The van der Waals surface area contributed by atoms with Crippen molar-refractivity contribution in [2.75, 3.05) is 22.6 Å². The van der Waals surface area contributed by atoms with Gasteiger partial charge in [-0.1, -0.05) is 29.8 Å². The van der Waals surface area contributed by atoms with Gasteiger partial charge >= 0.3 is 5.97 Å². The molecular formula is C19H17N3O3. The number of amides is 1. The minimum absolute atomic E-state index is 0.222. The number of hydrogen-bond acceptors (Lipinski definition) is 5. The van der Waals surface area contributed by atoms with Crippen LogP contribution in [0.3, 0.4) is 0 Å². The molecule has 0 bridgehead atoms. The Kier molecular flexibility index (Phi) is 2.72. The molecule has 0 radical (unpaired) electrons. The molecule has 3 aliphatic rings. The Morgan fingerprint density at radius 3 is 2.72 bits per heavy atom. The molecule has 0 aliphatic carbocycles. The summed E-state index contributed by atoms with van der Waals surface area (Å²) in [6.07, 6.45) is 0. The lowest BCUT2D eigenvalue weighted by molar-refractivity contribution is -0.144. The number of para-hydroxylation sites is 2. The zero-order valence-corrected chi connectivity index (χ0v) is 13.6. The minimum Gasteiger partial charge on any atom is -0.463 e. The van der Waals surface area contributed by atoms with Gasteiger partial charge in [0.25, 0.3) is 5.91 Å². The van der Waals surface area contributed by atoms with E-state index in [-0.39, 0.29) is 24.5 Å². The number of fused-ring (bicyclic) bond motifs is 5. The molecule has 1 saturated heterocycles. The highest BCUT2D eigenvalue weighted by Gasteiger charge is 2.62. The fraction of sp³-hybridized carbons (Fsp3) is 0.263. The summed E-state index contributed by atoms with van der Waals surface area (Å²) in [6, 6.07) is 13.2. The van der Waals surface area contributed by atoms with E-state index in [0.717, 1.165) is 28.2 Å². The van der Waals surface area contributed by atoms with Crippen LogP contribution in [0.2, 0.25) is 0 Å². The van der Waals surface area contributed by atoms with E-state index in [1.165, 1.54) is 0 Å². The van der Waals surface area contributed by atoms with Gasteiger partial charge < -0.3 is 20.7 Å². The van der Waals surface area contributed by atoms with E-state index in [9.17, 15) is 9.59 Å². The smallest absolute Gasteiger partial charge is 0.314 e.